The van der Waals surface area contributed by atoms with Crippen LogP contribution in [-0.4, -0.2) is 23.4 Å². The highest BCUT2D eigenvalue weighted by atomic mass is 19.1. The van der Waals surface area contributed by atoms with E-state index in [0.29, 0.717) is 6.07 Å². The van der Waals surface area contributed by atoms with E-state index >= 15 is 0 Å². The lowest BCUT2D eigenvalue weighted by molar-refractivity contribution is -0.123. The summed E-state index contributed by atoms with van der Waals surface area (Å²) in [6, 6.07) is 5.78. The Morgan fingerprint density at radius 2 is 2.00 bits per heavy atom. The molecule has 1 aromatic heterocycles. The van der Waals surface area contributed by atoms with E-state index in [9.17, 15) is 18.4 Å². The van der Waals surface area contributed by atoms with Gasteiger partial charge in [-0.15, -0.1) is 0 Å². The van der Waals surface area contributed by atoms with Crippen molar-refractivity contribution in [2.45, 2.75) is 0 Å². The van der Waals surface area contributed by atoms with Crippen molar-refractivity contribution >= 4 is 11.8 Å². The maximum atomic E-state index is 13.3. The minimum absolute atomic E-state index is 0.258. The van der Waals surface area contributed by atoms with Crippen LogP contribution in [-0.2, 0) is 4.79 Å². The molecular weight excluding hydrogens is 296 g/mol. The average molecular weight is 307 g/mol. The number of hydrogen-bond donors (Lipinski definition) is 2. The number of hydrazine groups is 1. The molecule has 0 saturated heterocycles. The highest BCUT2D eigenvalue weighted by Gasteiger charge is 2.10. The lowest BCUT2D eigenvalue weighted by Crippen LogP contribution is -2.43. The van der Waals surface area contributed by atoms with E-state index < -0.39 is 30.1 Å². The number of aromatic nitrogens is 1. The van der Waals surface area contributed by atoms with E-state index in [1.54, 1.807) is 6.07 Å². The summed E-state index contributed by atoms with van der Waals surface area (Å²) in [5, 5.41) is 0. The van der Waals surface area contributed by atoms with Crippen LogP contribution in [0.1, 0.15) is 10.4 Å². The minimum atomic E-state index is -0.924. The maximum absolute atomic E-state index is 13.3. The molecule has 114 valence electrons. The first-order valence-electron chi connectivity index (χ1n) is 6.13. The number of benzene rings is 1. The second kappa shape index (κ2) is 7.11. The lowest BCUT2D eigenvalue weighted by atomic mass is 10.3. The Morgan fingerprint density at radius 1 is 1.18 bits per heavy atom. The smallest absolute Gasteiger partial charge is 0.276 e. The maximum Gasteiger partial charge on any atom is 0.276 e. The molecular formula is C14H11F2N3O3. The summed E-state index contributed by atoms with van der Waals surface area (Å²) in [5.41, 5.74) is 4.50. The van der Waals surface area contributed by atoms with Crippen LogP contribution in [0.5, 0.6) is 5.75 Å². The number of ether oxygens (including phenoxy) is 1. The lowest BCUT2D eigenvalue weighted by Gasteiger charge is -2.09. The molecule has 0 atom stereocenters. The van der Waals surface area contributed by atoms with Crippen LogP contribution in [0.3, 0.4) is 0 Å². The predicted molar refractivity (Wildman–Crippen MR) is 71.7 cm³/mol. The Labute approximate surface area is 124 Å². The van der Waals surface area contributed by atoms with Crippen molar-refractivity contribution in [2.75, 3.05) is 6.61 Å². The number of halogens is 2. The van der Waals surface area contributed by atoms with Gasteiger partial charge in [0.15, 0.2) is 18.2 Å². The zero-order valence-corrected chi connectivity index (χ0v) is 11.2. The van der Waals surface area contributed by atoms with Gasteiger partial charge < -0.3 is 4.74 Å². The Hall–Kier alpha value is -3.03. The number of nitrogens with zero attached hydrogens (tertiary/aromatic N) is 1. The molecule has 0 saturated carbocycles. The van der Waals surface area contributed by atoms with Gasteiger partial charge in [-0.3, -0.25) is 25.4 Å². The van der Waals surface area contributed by atoms with E-state index in [1.807, 2.05) is 0 Å². The van der Waals surface area contributed by atoms with Crippen LogP contribution in [0.25, 0.3) is 0 Å². The van der Waals surface area contributed by atoms with Gasteiger partial charge >= 0.3 is 0 Å². The number of rotatable bonds is 4. The first-order valence-corrected chi connectivity index (χ1v) is 6.13. The van der Waals surface area contributed by atoms with Crippen molar-refractivity contribution in [1.29, 1.82) is 0 Å². The fourth-order valence-electron chi connectivity index (χ4n) is 1.47. The Bertz CT molecular complexity index is 680. The zero-order chi connectivity index (χ0) is 15.9. The number of hydrogen-bond acceptors (Lipinski definition) is 4. The first-order chi connectivity index (χ1) is 10.6. The van der Waals surface area contributed by atoms with E-state index in [0.717, 1.165) is 12.1 Å². The summed E-state index contributed by atoms with van der Waals surface area (Å²) in [6.45, 7) is -0.546. The summed E-state index contributed by atoms with van der Waals surface area (Å²) in [6.07, 6.45) is 2.83. The monoisotopic (exact) mass is 307 g/mol. The summed E-state index contributed by atoms with van der Waals surface area (Å²) >= 11 is 0. The van der Waals surface area contributed by atoms with Crippen molar-refractivity contribution in [3.8, 4) is 5.75 Å². The van der Waals surface area contributed by atoms with Gasteiger partial charge in [0, 0.05) is 18.5 Å². The number of carbonyl (C=O) groups is 2. The van der Waals surface area contributed by atoms with Crippen LogP contribution in [0.15, 0.2) is 42.7 Å². The summed E-state index contributed by atoms with van der Waals surface area (Å²) in [7, 11) is 0. The molecule has 0 bridgehead atoms. The van der Waals surface area contributed by atoms with Gasteiger partial charge in [-0.1, -0.05) is 0 Å². The fourth-order valence-corrected chi connectivity index (χ4v) is 1.47. The third-order valence-electron chi connectivity index (χ3n) is 2.49. The number of pyridine rings is 1. The van der Waals surface area contributed by atoms with Crippen LogP contribution >= 0.6 is 0 Å². The fraction of sp³-hybridized carbons (Fsp3) is 0.0714. The summed E-state index contributed by atoms with van der Waals surface area (Å²) < 4.78 is 30.8. The number of carbonyl (C=O) groups excluding carboxylic acids is 2. The van der Waals surface area contributed by atoms with Gasteiger partial charge in [-0.2, -0.15) is 0 Å². The molecule has 2 N–H and O–H groups in total. The molecule has 1 aromatic carbocycles. The molecule has 2 aromatic rings. The van der Waals surface area contributed by atoms with Crippen LogP contribution in [0.4, 0.5) is 8.78 Å². The van der Waals surface area contributed by atoms with Gasteiger partial charge in [0.1, 0.15) is 5.82 Å². The molecule has 2 amide bonds. The van der Waals surface area contributed by atoms with Crippen molar-refractivity contribution in [1.82, 2.24) is 15.8 Å². The summed E-state index contributed by atoms with van der Waals surface area (Å²) in [4.78, 5) is 26.8. The Kier molecular flexibility index (Phi) is 4.97. The molecule has 8 heteroatoms. The topological polar surface area (TPSA) is 80.3 Å². The number of amides is 2. The first kappa shape index (κ1) is 15.4. The van der Waals surface area contributed by atoms with Crippen molar-refractivity contribution in [3.05, 3.63) is 59.9 Å². The highest BCUT2D eigenvalue weighted by molar-refractivity contribution is 5.95. The van der Waals surface area contributed by atoms with E-state index in [4.69, 9.17) is 4.74 Å². The van der Waals surface area contributed by atoms with Gasteiger partial charge in [0.2, 0.25) is 0 Å². The van der Waals surface area contributed by atoms with E-state index in [2.05, 4.69) is 15.8 Å². The Balaban J connectivity index is 1.80. The quantitative estimate of drug-likeness (QED) is 0.832. The van der Waals surface area contributed by atoms with E-state index in [1.165, 1.54) is 18.5 Å². The predicted octanol–water partition coefficient (Wildman–Crippen LogP) is 1.20. The molecule has 0 radical (unpaired) electrons. The van der Waals surface area contributed by atoms with Gasteiger partial charge in [-0.25, -0.2) is 8.78 Å². The SMILES string of the molecule is O=C(COc1ccc(F)cc1F)NNC(=O)c1cccnc1. The zero-order valence-electron chi connectivity index (χ0n) is 11.2. The third-order valence-corrected chi connectivity index (χ3v) is 2.49. The minimum Gasteiger partial charge on any atom is -0.481 e. The second-order valence-corrected chi connectivity index (χ2v) is 4.11. The molecule has 1 heterocycles. The van der Waals surface area contributed by atoms with Crippen molar-refractivity contribution in [3.63, 3.8) is 0 Å². The van der Waals surface area contributed by atoms with Crippen molar-refractivity contribution in [2.24, 2.45) is 0 Å². The number of nitrogens with one attached hydrogen (secondary N) is 2. The van der Waals surface area contributed by atoms with Gasteiger partial charge in [0.25, 0.3) is 11.8 Å². The molecule has 0 aliphatic carbocycles. The van der Waals surface area contributed by atoms with Crippen molar-refractivity contribution < 1.29 is 23.1 Å². The molecule has 22 heavy (non-hydrogen) atoms. The summed E-state index contributed by atoms with van der Waals surface area (Å²) in [5.74, 6) is -3.21. The standard InChI is InChI=1S/C14H11F2N3O3/c15-10-3-4-12(11(16)6-10)22-8-13(20)18-19-14(21)9-2-1-5-17-7-9/h1-7H,8H2,(H,18,20)(H,19,21). The average Bonchev–Trinajstić information content (AvgIpc) is 2.52. The van der Waals surface area contributed by atoms with Gasteiger partial charge in [-0.05, 0) is 24.3 Å². The third kappa shape index (κ3) is 4.23. The molecule has 0 fully saturated rings. The molecule has 6 nitrogen and oxygen atoms in total. The van der Waals surface area contributed by atoms with E-state index in [-0.39, 0.29) is 11.3 Å². The molecule has 2 rings (SSSR count). The van der Waals surface area contributed by atoms with Crippen LogP contribution < -0.4 is 15.6 Å². The van der Waals surface area contributed by atoms with Gasteiger partial charge in [0.05, 0.1) is 5.56 Å². The highest BCUT2D eigenvalue weighted by Crippen LogP contribution is 2.17. The Morgan fingerprint density at radius 3 is 2.68 bits per heavy atom. The molecule has 0 aliphatic rings. The largest absolute Gasteiger partial charge is 0.481 e. The molecule has 0 aliphatic heterocycles. The van der Waals surface area contributed by atoms with Crippen LogP contribution in [0, 0.1) is 11.6 Å². The normalized spacial score (nSPS) is 9.91. The van der Waals surface area contributed by atoms with Crippen LogP contribution in [0.2, 0.25) is 0 Å². The molecule has 0 unspecified atom stereocenters. The molecule has 0 spiro atoms. The second-order valence-electron chi connectivity index (χ2n) is 4.11.